The maximum absolute atomic E-state index is 12.1. The molecule has 1 amide bonds. The van der Waals surface area contributed by atoms with Crippen LogP contribution in [0.4, 0.5) is 0 Å². The Balaban J connectivity index is 1.47. The second kappa shape index (κ2) is 6.70. The number of carbonyl (C=O) groups excluding carboxylic acids is 1. The Bertz CT molecular complexity index is 681. The minimum atomic E-state index is -0.511. The number of amides is 1. The number of likely N-dealkylation sites (tertiary alicyclic amines) is 1. The lowest BCUT2D eigenvalue weighted by Gasteiger charge is -2.32. The van der Waals surface area contributed by atoms with Crippen molar-refractivity contribution < 1.29 is 4.79 Å². The second-order valence-electron chi connectivity index (χ2n) is 6.62. The highest BCUT2D eigenvalue weighted by Crippen LogP contribution is 2.29. The number of aromatic nitrogens is 2. The summed E-state index contributed by atoms with van der Waals surface area (Å²) in [5.74, 6) is -0.0279. The molecule has 3 N–H and O–H groups in total. The highest BCUT2D eigenvalue weighted by Gasteiger charge is 2.32. The highest BCUT2D eigenvalue weighted by molar-refractivity contribution is 5.76. The van der Waals surface area contributed by atoms with Gasteiger partial charge in [-0.3, -0.25) is 14.6 Å². The number of nitrogens with one attached hydrogen (secondary N) is 3. The van der Waals surface area contributed by atoms with E-state index in [4.69, 9.17) is 0 Å². The average Bonchev–Trinajstić information content (AvgIpc) is 3.31. The number of nitrogens with zero attached hydrogens (tertiary/aromatic N) is 1. The Morgan fingerprint density at radius 1 is 1.17 bits per heavy atom. The Hall–Kier alpha value is -1.89. The lowest BCUT2D eigenvalue weighted by molar-refractivity contribution is -0.122. The summed E-state index contributed by atoms with van der Waals surface area (Å²) in [5, 5.41) is 3.07. The van der Waals surface area contributed by atoms with Gasteiger partial charge in [0.15, 0.2) is 0 Å². The van der Waals surface area contributed by atoms with Crippen LogP contribution in [-0.2, 0) is 11.2 Å². The molecule has 0 bridgehead atoms. The van der Waals surface area contributed by atoms with Gasteiger partial charge in [0.05, 0.1) is 0 Å². The van der Waals surface area contributed by atoms with Crippen LogP contribution in [0.1, 0.15) is 43.4 Å². The number of hydrogen-bond donors (Lipinski definition) is 3. The first kappa shape index (κ1) is 16.0. The van der Waals surface area contributed by atoms with Crippen molar-refractivity contribution in [3.8, 4) is 0 Å². The number of hydrogen-bond acceptors (Lipinski definition) is 4. The van der Waals surface area contributed by atoms with E-state index in [0.29, 0.717) is 17.7 Å². The van der Waals surface area contributed by atoms with Gasteiger partial charge in [-0.2, -0.15) is 0 Å². The summed E-state index contributed by atoms with van der Waals surface area (Å²) < 4.78 is 0. The third kappa shape index (κ3) is 4.10. The van der Waals surface area contributed by atoms with Gasteiger partial charge in [-0.15, -0.1) is 0 Å². The number of aromatic amines is 2. The molecule has 1 aromatic heterocycles. The standard InChI is InChI=1S/C16H24N4O3/c1-10-13(15(22)19-16(23)17-10)4-5-14(21)18-11-6-8-20(9-7-11)12-2-3-12/h11-12H,2-9H2,1H3,(H,18,21)(H2,17,19,22,23). The van der Waals surface area contributed by atoms with Crippen LogP contribution >= 0.6 is 0 Å². The average molecular weight is 320 g/mol. The normalized spacial score (nSPS) is 19.7. The summed E-state index contributed by atoms with van der Waals surface area (Å²) in [6.45, 7) is 3.81. The predicted molar refractivity (Wildman–Crippen MR) is 86.5 cm³/mol. The molecule has 0 atom stereocenters. The SMILES string of the molecule is Cc1[nH]c(=O)[nH]c(=O)c1CCC(=O)NC1CCN(C2CC2)CC1. The van der Waals surface area contributed by atoms with Crippen LogP contribution in [0.2, 0.25) is 0 Å². The lowest BCUT2D eigenvalue weighted by atomic mass is 10.0. The first-order valence-electron chi connectivity index (χ1n) is 8.38. The van der Waals surface area contributed by atoms with Gasteiger partial charge in [0.1, 0.15) is 0 Å². The molecule has 1 saturated carbocycles. The Labute approximate surface area is 134 Å². The first-order valence-corrected chi connectivity index (χ1v) is 8.38. The number of piperidine rings is 1. The molecule has 3 rings (SSSR count). The van der Waals surface area contributed by atoms with Crippen LogP contribution in [0.25, 0.3) is 0 Å². The molecule has 1 aromatic rings. The molecule has 2 heterocycles. The molecule has 0 spiro atoms. The zero-order valence-electron chi connectivity index (χ0n) is 13.5. The van der Waals surface area contributed by atoms with Crippen molar-refractivity contribution in [2.45, 2.75) is 57.5 Å². The van der Waals surface area contributed by atoms with Crippen molar-refractivity contribution >= 4 is 5.91 Å². The molecule has 7 nitrogen and oxygen atoms in total. The van der Waals surface area contributed by atoms with Crippen molar-refractivity contribution in [1.29, 1.82) is 0 Å². The van der Waals surface area contributed by atoms with E-state index in [1.165, 1.54) is 12.8 Å². The molecule has 23 heavy (non-hydrogen) atoms. The van der Waals surface area contributed by atoms with Gasteiger partial charge in [0, 0.05) is 42.9 Å². The topological polar surface area (TPSA) is 98.1 Å². The van der Waals surface area contributed by atoms with Crippen molar-refractivity contribution in [3.05, 3.63) is 32.1 Å². The van der Waals surface area contributed by atoms with E-state index < -0.39 is 11.2 Å². The summed E-state index contributed by atoms with van der Waals surface area (Å²) >= 11 is 0. The summed E-state index contributed by atoms with van der Waals surface area (Å²) in [6, 6.07) is 1.04. The van der Waals surface area contributed by atoms with Gasteiger partial charge in [-0.05, 0) is 39.0 Å². The van der Waals surface area contributed by atoms with E-state index in [0.717, 1.165) is 32.0 Å². The number of aryl methyl sites for hydroxylation is 1. The maximum atomic E-state index is 12.1. The molecule has 1 saturated heterocycles. The van der Waals surface area contributed by atoms with Crippen LogP contribution < -0.4 is 16.6 Å². The molecule has 0 radical (unpaired) electrons. The number of H-pyrrole nitrogens is 2. The fourth-order valence-electron chi connectivity index (χ4n) is 3.31. The van der Waals surface area contributed by atoms with E-state index in [2.05, 4.69) is 20.2 Å². The minimum absolute atomic E-state index is 0.0279. The summed E-state index contributed by atoms with van der Waals surface area (Å²) in [6.07, 6.45) is 5.25. The van der Waals surface area contributed by atoms with Crippen molar-refractivity contribution in [3.63, 3.8) is 0 Å². The molecule has 7 heteroatoms. The van der Waals surface area contributed by atoms with Gasteiger partial charge >= 0.3 is 5.69 Å². The monoisotopic (exact) mass is 320 g/mol. The summed E-state index contributed by atoms with van der Waals surface area (Å²) in [5.41, 5.74) is 0.0903. The Kier molecular flexibility index (Phi) is 4.66. The number of rotatable bonds is 5. The van der Waals surface area contributed by atoms with E-state index in [9.17, 15) is 14.4 Å². The lowest BCUT2D eigenvalue weighted by Crippen LogP contribution is -2.45. The number of carbonyl (C=O) groups is 1. The second-order valence-corrected chi connectivity index (χ2v) is 6.62. The van der Waals surface area contributed by atoms with Crippen LogP contribution in [0, 0.1) is 6.92 Å². The van der Waals surface area contributed by atoms with Gasteiger partial charge in [-0.25, -0.2) is 4.79 Å². The first-order chi connectivity index (χ1) is 11.0. The zero-order valence-corrected chi connectivity index (χ0v) is 13.5. The summed E-state index contributed by atoms with van der Waals surface area (Å²) in [4.78, 5) is 42.3. The van der Waals surface area contributed by atoms with Gasteiger partial charge in [0.25, 0.3) is 5.56 Å². The molecule has 1 aliphatic heterocycles. The molecule has 0 unspecified atom stereocenters. The molecule has 2 aliphatic rings. The van der Waals surface area contributed by atoms with Crippen molar-refractivity contribution in [2.75, 3.05) is 13.1 Å². The summed E-state index contributed by atoms with van der Waals surface area (Å²) in [7, 11) is 0. The van der Waals surface area contributed by atoms with E-state index in [-0.39, 0.29) is 18.4 Å². The third-order valence-electron chi connectivity index (χ3n) is 4.81. The van der Waals surface area contributed by atoms with Crippen LogP contribution in [0.3, 0.4) is 0 Å². The largest absolute Gasteiger partial charge is 0.353 e. The van der Waals surface area contributed by atoms with Crippen molar-refractivity contribution in [2.24, 2.45) is 0 Å². The molecule has 1 aliphatic carbocycles. The van der Waals surface area contributed by atoms with Crippen LogP contribution in [-0.4, -0.2) is 45.9 Å². The van der Waals surface area contributed by atoms with Gasteiger partial charge in [0.2, 0.25) is 5.91 Å². The molecule has 0 aromatic carbocycles. The molecular formula is C16H24N4O3. The fraction of sp³-hybridized carbons (Fsp3) is 0.688. The molecule has 2 fully saturated rings. The van der Waals surface area contributed by atoms with Gasteiger partial charge in [-0.1, -0.05) is 0 Å². The van der Waals surface area contributed by atoms with E-state index in [1.54, 1.807) is 6.92 Å². The third-order valence-corrected chi connectivity index (χ3v) is 4.81. The Morgan fingerprint density at radius 3 is 2.48 bits per heavy atom. The van der Waals surface area contributed by atoms with E-state index in [1.807, 2.05) is 0 Å². The van der Waals surface area contributed by atoms with E-state index >= 15 is 0 Å². The van der Waals surface area contributed by atoms with Gasteiger partial charge < -0.3 is 15.2 Å². The zero-order chi connectivity index (χ0) is 16.4. The smallest absolute Gasteiger partial charge is 0.325 e. The van der Waals surface area contributed by atoms with Crippen LogP contribution in [0.5, 0.6) is 0 Å². The fourth-order valence-corrected chi connectivity index (χ4v) is 3.31. The Morgan fingerprint density at radius 2 is 1.87 bits per heavy atom. The molecule has 126 valence electrons. The highest BCUT2D eigenvalue weighted by atomic mass is 16.2. The van der Waals surface area contributed by atoms with Crippen molar-refractivity contribution in [1.82, 2.24) is 20.2 Å². The quantitative estimate of drug-likeness (QED) is 0.714. The maximum Gasteiger partial charge on any atom is 0.325 e. The minimum Gasteiger partial charge on any atom is -0.353 e. The molecular weight excluding hydrogens is 296 g/mol. The predicted octanol–water partition coefficient (Wildman–Crippen LogP) is 0.0472. The van der Waals surface area contributed by atoms with Crippen LogP contribution in [0.15, 0.2) is 9.59 Å².